The molecule has 0 bridgehead atoms. The molecule has 1 atom stereocenters. The van der Waals surface area contributed by atoms with Gasteiger partial charge in [0, 0.05) is 5.69 Å². The largest absolute Gasteiger partial charge is 0.497 e. The maximum atomic E-state index is 5.26. The standard InChI is InChI=1S/C18H23NO/c1-13(2)18(15-8-6-5-7-9-15)19-17-11-10-16(20-4)12-14(17)3/h5-13,18-19H,1-4H3. The lowest BCUT2D eigenvalue weighted by molar-refractivity contribution is 0.414. The Labute approximate surface area is 121 Å². The molecule has 106 valence electrons. The Kier molecular flexibility index (Phi) is 4.67. The van der Waals surface area contributed by atoms with Gasteiger partial charge in [0.1, 0.15) is 5.75 Å². The van der Waals surface area contributed by atoms with E-state index in [0.29, 0.717) is 12.0 Å². The van der Waals surface area contributed by atoms with Gasteiger partial charge in [0.25, 0.3) is 0 Å². The highest BCUT2D eigenvalue weighted by molar-refractivity contribution is 5.55. The average Bonchev–Trinajstić information content (AvgIpc) is 2.46. The quantitative estimate of drug-likeness (QED) is 0.840. The first-order valence-electron chi connectivity index (χ1n) is 7.08. The summed E-state index contributed by atoms with van der Waals surface area (Å²) in [7, 11) is 1.70. The van der Waals surface area contributed by atoms with E-state index in [1.807, 2.05) is 6.07 Å². The summed E-state index contributed by atoms with van der Waals surface area (Å²) in [6, 6.07) is 17.0. The molecule has 0 heterocycles. The van der Waals surface area contributed by atoms with Crippen molar-refractivity contribution >= 4 is 5.69 Å². The molecule has 0 aromatic heterocycles. The molecule has 2 aromatic rings. The zero-order valence-corrected chi connectivity index (χ0v) is 12.7. The topological polar surface area (TPSA) is 21.3 Å². The predicted molar refractivity (Wildman–Crippen MR) is 85.4 cm³/mol. The Balaban J connectivity index is 2.25. The molecule has 0 aliphatic rings. The third-order valence-electron chi connectivity index (χ3n) is 3.57. The normalized spacial score (nSPS) is 12.2. The van der Waals surface area contributed by atoms with E-state index < -0.39 is 0 Å². The highest BCUT2D eigenvalue weighted by Crippen LogP contribution is 2.29. The van der Waals surface area contributed by atoms with Crippen LogP contribution in [-0.2, 0) is 0 Å². The van der Waals surface area contributed by atoms with E-state index in [4.69, 9.17) is 4.74 Å². The van der Waals surface area contributed by atoms with E-state index in [2.05, 4.69) is 68.6 Å². The van der Waals surface area contributed by atoms with Crippen LogP contribution in [0, 0.1) is 12.8 Å². The first-order valence-corrected chi connectivity index (χ1v) is 7.08. The van der Waals surface area contributed by atoms with E-state index >= 15 is 0 Å². The monoisotopic (exact) mass is 269 g/mol. The molecule has 0 saturated carbocycles. The molecule has 1 unspecified atom stereocenters. The number of rotatable bonds is 5. The molecular weight excluding hydrogens is 246 g/mol. The van der Waals surface area contributed by atoms with Crippen LogP contribution in [0.2, 0.25) is 0 Å². The van der Waals surface area contributed by atoms with Crippen LogP contribution in [0.5, 0.6) is 5.75 Å². The van der Waals surface area contributed by atoms with Gasteiger partial charge in [0.2, 0.25) is 0 Å². The van der Waals surface area contributed by atoms with Gasteiger partial charge in [0.05, 0.1) is 13.2 Å². The van der Waals surface area contributed by atoms with Crippen molar-refractivity contribution in [3.8, 4) is 5.75 Å². The highest BCUT2D eigenvalue weighted by Gasteiger charge is 2.16. The number of nitrogens with one attached hydrogen (secondary N) is 1. The van der Waals surface area contributed by atoms with Crippen LogP contribution in [0.4, 0.5) is 5.69 Å². The molecule has 0 aliphatic heterocycles. The van der Waals surface area contributed by atoms with Crippen LogP contribution in [-0.4, -0.2) is 7.11 Å². The van der Waals surface area contributed by atoms with Crippen LogP contribution >= 0.6 is 0 Å². The lowest BCUT2D eigenvalue weighted by Gasteiger charge is -2.25. The van der Waals surface area contributed by atoms with Crippen LogP contribution in [0.1, 0.15) is 31.0 Å². The second-order valence-corrected chi connectivity index (χ2v) is 5.46. The minimum absolute atomic E-state index is 0.309. The molecule has 1 N–H and O–H groups in total. The number of hydrogen-bond donors (Lipinski definition) is 1. The fraction of sp³-hybridized carbons (Fsp3) is 0.333. The van der Waals surface area contributed by atoms with Crippen LogP contribution in [0.15, 0.2) is 48.5 Å². The van der Waals surface area contributed by atoms with Crippen molar-refractivity contribution in [3.63, 3.8) is 0 Å². The van der Waals surface area contributed by atoms with Gasteiger partial charge in [-0.05, 0) is 42.2 Å². The Bertz CT molecular complexity index is 549. The van der Waals surface area contributed by atoms with Gasteiger partial charge >= 0.3 is 0 Å². The second kappa shape index (κ2) is 6.47. The molecule has 2 heteroatoms. The van der Waals surface area contributed by atoms with Crippen molar-refractivity contribution < 1.29 is 4.74 Å². The van der Waals surface area contributed by atoms with Crippen molar-refractivity contribution in [3.05, 3.63) is 59.7 Å². The SMILES string of the molecule is COc1ccc(NC(c2ccccc2)C(C)C)c(C)c1. The number of ether oxygens (including phenoxy) is 1. The highest BCUT2D eigenvalue weighted by atomic mass is 16.5. The molecule has 0 spiro atoms. The minimum Gasteiger partial charge on any atom is -0.497 e. The molecule has 20 heavy (non-hydrogen) atoms. The summed E-state index contributed by atoms with van der Waals surface area (Å²) < 4.78 is 5.26. The first kappa shape index (κ1) is 14.4. The minimum atomic E-state index is 0.309. The summed E-state index contributed by atoms with van der Waals surface area (Å²) in [5, 5.41) is 3.66. The van der Waals surface area contributed by atoms with E-state index in [1.165, 1.54) is 11.1 Å². The Morgan fingerprint density at radius 1 is 1.00 bits per heavy atom. The third kappa shape index (κ3) is 3.32. The summed E-state index contributed by atoms with van der Waals surface area (Å²) in [6.07, 6.45) is 0. The van der Waals surface area contributed by atoms with Crippen molar-refractivity contribution in [2.45, 2.75) is 26.8 Å². The van der Waals surface area contributed by atoms with Gasteiger partial charge in [-0.15, -0.1) is 0 Å². The first-order chi connectivity index (χ1) is 9.61. The lowest BCUT2D eigenvalue weighted by atomic mass is 9.95. The molecule has 0 radical (unpaired) electrons. The zero-order chi connectivity index (χ0) is 14.5. The van der Waals surface area contributed by atoms with E-state index in [-0.39, 0.29) is 0 Å². The number of hydrogen-bond acceptors (Lipinski definition) is 2. The fourth-order valence-electron chi connectivity index (χ4n) is 2.39. The summed E-state index contributed by atoms with van der Waals surface area (Å²) in [5.41, 5.74) is 3.68. The van der Waals surface area contributed by atoms with E-state index in [0.717, 1.165) is 11.4 Å². The Morgan fingerprint density at radius 2 is 1.70 bits per heavy atom. The van der Waals surface area contributed by atoms with Crippen molar-refractivity contribution in [1.29, 1.82) is 0 Å². The maximum absolute atomic E-state index is 5.26. The molecule has 2 rings (SSSR count). The fourth-order valence-corrected chi connectivity index (χ4v) is 2.39. The van der Waals surface area contributed by atoms with Gasteiger partial charge in [-0.2, -0.15) is 0 Å². The van der Waals surface area contributed by atoms with Crippen LogP contribution < -0.4 is 10.1 Å². The van der Waals surface area contributed by atoms with Gasteiger partial charge in [-0.25, -0.2) is 0 Å². The molecule has 2 nitrogen and oxygen atoms in total. The predicted octanol–water partition coefficient (Wildman–Crippen LogP) is 4.81. The Hall–Kier alpha value is -1.96. The molecule has 0 saturated heterocycles. The van der Waals surface area contributed by atoms with E-state index in [9.17, 15) is 0 Å². The van der Waals surface area contributed by atoms with E-state index in [1.54, 1.807) is 7.11 Å². The van der Waals surface area contributed by atoms with Crippen molar-refractivity contribution in [2.24, 2.45) is 5.92 Å². The molecular formula is C18H23NO. The van der Waals surface area contributed by atoms with Gasteiger partial charge in [-0.3, -0.25) is 0 Å². The molecule has 0 aliphatic carbocycles. The molecule has 2 aromatic carbocycles. The van der Waals surface area contributed by atoms with Crippen LogP contribution in [0.3, 0.4) is 0 Å². The molecule has 0 amide bonds. The average molecular weight is 269 g/mol. The van der Waals surface area contributed by atoms with Crippen molar-refractivity contribution in [1.82, 2.24) is 0 Å². The Morgan fingerprint density at radius 3 is 2.25 bits per heavy atom. The van der Waals surface area contributed by atoms with Crippen molar-refractivity contribution in [2.75, 3.05) is 12.4 Å². The summed E-state index contributed by atoms with van der Waals surface area (Å²) >= 11 is 0. The summed E-state index contributed by atoms with van der Waals surface area (Å²) in [6.45, 7) is 6.58. The molecule has 0 fully saturated rings. The zero-order valence-electron chi connectivity index (χ0n) is 12.7. The van der Waals surface area contributed by atoms with Gasteiger partial charge < -0.3 is 10.1 Å². The maximum Gasteiger partial charge on any atom is 0.119 e. The second-order valence-electron chi connectivity index (χ2n) is 5.46. The summed E-state index contributed by atoms with van der Waals surface area (Å²) in [5.74, 6) is 1.41. The number of aryl methyl sites for hydroxylation is 1. The van der Waals surface area contributed by atoms with Crippen LogP contribution in [0.25, 0.3) is 0 Å². The summed E-state index contributed by atoms with van der Waals surface area (Å²) in [4.78, 5) is 0. The third-order valence-corrected chi connectivity index (χ3v) is 3.57. The number of benzene rings is 2. The smallest absolute Gasteiger partial charge is 0.119 e. The van der Waals surface area contributed by atoms with Gasteiger partial charge in [-0.1, -0.05) is 44.2 Å². The number of anilines is 1. The lowest BCUT2D eigenvalue weighted by Crippen LogP contribution is -2.17. The van der Waals surface area contributed by atoms with Gasteiger partial charge in [0.15, 0.2) is 0 Å². The number of methoxy groups -OCH3 is 1.